The summed E-state index contributed by atoms with van der Waals surface area (Å²) in [5, 5.41) is 13.2. The van der Waals surface area contributed by atoms with Crippen molar-refractivity contribution >= 4 is 46.6 Å². The number of benzene rings is 2. The number of fused-ring (bicyclic) bond motifs is 2. The fourth-order valence-electron chi connectivity index (χ4n) is 5.41. The molecular formula is C31H34N6O5S2. The van der Waals surface area contributed by atoms with Crippen LogP contribution in [0, 0.1) is 5.41 Å². The van der Waals surface area contributed by atoms with E-state index >= 15 is 0 Å². The number of carbonyl (C=O) groups excluding carboxylic acids is 2. The number of hydrogen-bond acceptors (Lipinski definition) is 9. The third-order valence-electron chi connectivity index (χ3n) is 7.77. The van der Waals surface area contributed by atoms with Gasteiger partial charge in [0.1, 0.15) is 35.8 Å². The van der Waals surface area contributed by atoms with Crippen molar-refractivity contribution in [3.8, 4) is 11.5 Å². The number of aliphatic imine (C=N–C) groups is 1. The first kappa shape index (κ1) is 30.1. The smallest absolute Gasteiger partial charge is 0.245 e. The first-order chi connectivity index (χ1) is 21.1. The Morgan fingerprint density at radius 3 is 2.66 bits per heavy atom. The van der Waals surface area contributed by atoms with Gasteiger partial charge in [-0.05, 0) is 43.3 Å². The zero-order chi connectivity index (χ0) is 31.0. The highest BCUT2D eigenvalue weighted by atomic mass is 32.2. The topological polar surface area (TPSA) is 143 Å². The molecule has 0 saturated carbocycles. The second-order valence-electron chi connectivity index (χ2n) is 11.1. The highest BCUT2D eigenvalue weighted by Gasteiger charge is 2.52. The molecule has 6 rings (SSSR count). The van der Waals surface area contributed by atoms with Crippen LogP contribution < -0.4 is 15.8 Å². The zero-order valence-electron chi connectivity index (χ0n) is 24.7. The van der Waals surface area contributed by atoms with E-state index in [0.717, 1.165) is 26.0 Å². The van der Waals surface area contributed by atoms with Crippen molar-refractivity contribution < 1.29 is 23.8 Å². The van der Waals surface area contributed by atoms with Crippen molar-refractivity contribution in [2.75, 3.05) is 40.4 Å². The highest BCUT2D eigenvalue weighted by Crippen LogP contribution is 2.47. The van der Waals surface area contributed by atoms with E-state index in [1.807, 2.05) is 74.9 Å². The van der Waals surface area contributed by atoms with Crippen molar-refractivity contribution in [2.24, 2.45) is 10.7 Å². The van der Waals surface area contributed by atoms with Gasteiger partial charge in [-0.25, -0.2) is 0 Å². The van der Waals surface area contributed by atoms with E-state index in [-0.39, 0.29) is 43.2 Å². The molecule has 4 N–H and O–H groups in total. The summed E-state index contributed by atoms with van der Waals surface area (Å²) in [6.07, 6.45) is 0.221. The Morgan fingerprint density at radius 1 is 1.14 bits per heavy atom. The number of para-hydroxylation sites is 1. The monoisotopic (exact) mass is 634 g/mol. The molecule has 230 valence electrons. The lowest BCUT2D eigenvalue weighted by Crippen LogP contribution is -2.47. The van der Waals surface area contributed by atoms with Crippen LogP contribution in [0.4, 0.5) is 0 Å². The maximum absolute atomic E-state index is 13.6. The number of amides is 2. The normalized spacial score (nSPS) is 19.2. The molecule has 0 bridgehead atoms. The molecule has 2 saturated heterocycles. The summed E-state index contributed by atoms with van der Waals surface area (Å²) in [6, 6.07) is 14.2. The highest BCUT2D eigenvalue weighted by molar-refractivity contribution is 7.99. The number of nitrogens with zero attached hydrogens (tertiary/aromatic N) is 3. The lowest BCUT2D eigenvalue weighted by Gasteiger charge is -2.24. The van der Waals surface area contributed by atoms with Crippen LogP contribution >= 0.6 is 23.1 Å². The van der Waals surface area contributed by atoms with Gasteiger partial charge in [0.25, 0.3) is 0 Å². The number of nitrogens with one attached hydrogen (secondary N) is 2. The summed E-state index contributed by atoms with van der Waals surface area (Å²) < 4.78 is 17.8. The van der Waals surface area contributed by atoms with E-state index in [2.05, 4.69) is 10.3 Å². The molecule has 2 amide bonds. The van der Waals surface area contributed by atoms with Gasteiger partial charge in [0.15, 0.2) is 5.79 Å². The molecule has 2 aromatic carbocycles. The van der Waals surface area contributed by atoms with Gasteiger partial charge in [0, 0.05) is 41.9 Å². The number of hydrogen-bond donors (Lipinski definition) is 3. The molecule has 4 heterocycles. The van der Waals surface area contributed by atoms with Crippen LogP contribution in [-0.4, -0.2) is 85.5 Å². The molecule has 13 heteroatoms. The lowest BCUT2D eigenvalue weighted by atomic mass is 10.1. The van der Waals surface area contributed by atoms with Gasteiger partial charge in [-0.3, -0.25) is 20.0 Å². The Kier molecular flexibility index (Phi) is 8.38. The molecular weight excluding hydrogens is 601 g/mol. The maximum atomic E-state index is 13.6. The van der Waals surface area contributed by atoms with Gasteiger partial charge in [0.05, 0.1) is 35.6 Å². The predicted molar refractivity (Wildman–Crippen MR) is 169 cm³/mol. The van der Waals surface area contributed by atoms with E-state index in [0.29, 0.717) is 30.4 Å². The molecule has 11 nitrogen and oxygen atoms in total. The van der Waals surface area contributed by atoms with E-state index < -0.39 is 11.8 Å². The fraction of sp³-hybridized carbons (Fsp3) is 0.355. The zero-order valence-corrected chi connectivity index (χ0v) is 26.3. The van der Waals surface area contributed by atoms with Crippen LogP contribution in [0.5, 0.6) is 11.5 Å². The number of ether oxygens (including phenoxy) is 3. The summed E-state index contributed by atoms with van der Waals surface area (Å²) in [5.41, 5.74) is 7.74. The van der Waals surface area contributed by atoms with Gasteiger partial charge in [-0.2, -0.15) is 0 Å². The number of amidine groups is 2. The molecule has 1 spiro atoms. The van der Waals surface area contributed by atoms with Crippen molar-refractivity contribution in [1.82, 2.24) is 15.1 Å². The molecule has 1 unspecified atom stereocenters. The molecule has 2 fully saturated rings. The number of thiophene rings is 1. The minimum absolute atomic E-state index is 0.125. The maximum Gasteiger partial charge on any atom is 0.245 e. The number of nitrogens with two attached hydrogens (primary N) is 1. The summed E-state index contributed by atoms with van der Waals surface area (Å²) >= 11 is 3.09. The van der Waals surface area contributed by atoms with E-state index in [1.54, 1.807) is 16.7 Å². The van der Waals surface area contributed by atoms with Crippen LogP contribution in [0.1, 0.15) is 35.4 Å². The Labute approximate surface area is 263 Å². The SMILES string of the molecule is C[C@@H](NC(=O)C1CC2(CN1C(=O)CN=C(N)c1ccc3c(c1)Oc1ccccc1S3)OCCO2)c1cc(C(=N)N(C)C)cs1. The first-order valence-electron chi connectivity index (χ1n) is 14.2. The Balaban J connectivity index is 1.14. The third-order valence-corrected chi connectivity index (χ3v) is 10.00. The third kappa shape index (κ3) is 6.05. The summed E-state index contributed by atoms with van der Waals surface area (Å²) in [6.45, 7) is 2.57. The minimum Gasteiger partial charge on any atom is -0.455 e. The van der Waals surface area contributed by atoms with Gasteiger partial charge >= 0.3 is 0 Å². The largest absolute Gasteiger partial charge is 0.455 e. The van der Waals surface area contributed by atoms with Gasteiger partial charge in [-0.15, -0.1) is 11.3 Å². The Morgan fingerprint density at radius 2 is 1.89 bits per heavy atom. The molecule has 0 aliphatic carbocycles. The van der Waals surface area contributed by atoms with Crippen LogP contribution in [0.2, 0.25) is 0 Å². The van der Waals surface area contributed by atoms with E-state index in [1.165, 1.54) is 16.2 Å². The Bertz CT molecular complexity index is 1630. The van der Waals surface area contributed by atoms with Gasteiger partial charge < -0.3 is 35.1 Å². The average Bonchev–Trinajstić information content (AvgIpc) is 3.78. The summed E-state index contributed by atoms with van der Waals surface area (Å²) in [5.74, 6) is 0.365. The summed E-state index contributed by atoms with van der Waals surface area (Å²) in [7, 11) is 3.63. The molecule has 3 aromatic rings. The standard InChI is InChI=1S/C31H34N6O5S2/c1-18(26-13-20(16-43-26)29(33)36(2)3)35-30(39)21-14-31(40-10-11-41-31)17-37(21)27(38)15-34-28(32)19-8-9-25-23(12-19)42-22-6-4-5-7-24(22)44-25/h4-9,12-13,16,18,21,33H,10-11,14-15,17H2,1-3H3,(H2,32,34)(H,35,39)/t18-,21?/m1/s1. The molecule has 1 aromatic heterocycles. The van der Waals surface area contributed by atoms with Crippen LogP contribution in [0.3, 0.4) is 0 Å². The van der Waals surface area contributed by atoms with E-state index in [9.17, 15) is 9.59 Å². The quantitative estimate of drug-likeness (QED) is 0.206. The molecule has 44 heavy (non-hydrogen) atoms. The van der Waals surface area contributed by atoms with Crippen molar-refractivity contribution in [1.29, 1.82) is 5.41 Å². The number of rotatable bonds is 7. The minimum atomic E-state index is -1.02. The number of carbonyl (C=O) groups is 2. The second-order valence-corrected chi connectivity index (χ2v) is 13.1. The molecule has 3 aliphatic rings. The predicted octanol–water partition coefficient (Wildman–Crippen LogP) is 3.82. The van der Waals surface area contributed by atoms with Gasteiger partial charge in [-0.1, -0.05) is 23.9 Å². The van der Waals surface area contributed by atoms with Crippen molar-refractivity contribution in [2.45, 2.75) is 41.0 Å². The van der Waals surface area contributed by atoms with Crippen molar-refractivity contribution in [3.63, 3.8) is 0 Å². The summed E-state index contributed by atoms with van der Waals surface area (Å²) in [4.78, 5) is 37.6. The molecule has 3 aliphatic heterocycles. The lowest BCUT2D eigenvalue weighted by molar-refractivity contribution is -0.151. The Hall–Kier alpha value is -3.91. The van der Waals surface area contributed by atoms with Crippen LogP contribution in [0.15, 0.2) is 68.7 Å². The second kappa shape index (κ2) is 12.2. The van der Waals surface area contributed by atoms with Gasteiger partial charge in [0.2, 0.25) is 11.8 Å². The number of likely N-dealkylation sites (tertiary alicyclic amines) is 1. The first-order valence-corrected chi connectivity index (χ1v) is 15.9. The van der Waals surface area contributed by atoms with Crippen LogP contribution in [-0.2, 0) is 19.1 Å². The van der Waals surface area contributed by atoms with E-state index in [4.69, 9.17) is 25.4 Å². The fourth-order valence-corrected chi connectivity index (χ4v) is 7.24. The van der Waals surface area contributed by atoms with Crippen LogP contribution in [0.25, 0.3) is 0 Å². The average molecular weight is 635 g/mol. The van der Waals surface area contributed by atoms with Crippen molar-refractivity contribution in [3.05, 3.63) is 69.9 Å². The molecule has 2 atom stereocenters. The molecule has 0 radical (unpaired) electrons.